The first kappa shape index (κ1) is 16.6. The lowest BCUT2D eigenvalue weighted by molar-refractivity contribution is -0.120. The molecule has 0 aromatic heterocycles. The molecule has 1 atom stereocenters. The van der Waals surface area contributed by atoms with Gasteiger partial charge in [-0.15, -0.1) is 0 Å². The Labute approximate surface area is 146 Å². The first-order chi connectivity index (χ1) is 11.6. The van der Waals surface area contributed by atoms with Crippen LogP contribution in [0.5, 0.6) is 5.75 Å². The third kappa shape index (κ3) is 3.47. The van der Waals surface area contributed by atoms with Gasteiger partial charge >= 0.3 is 0 Å². The number of methoxy groups -OCH3 is 1. The monoisotopic (exact) mass is 346 g/mol. The number of hydrogen-bond donors (Lipinski definition) is 1. The van der Waals surface area contributed by atoms with Gasteiger partial charge in [0.1, 0.15) is 5.75 Å². The molecule has 0 bridgehead atoms. The second kappa shape index (κ2) is 7.11. The van der Waals surface area contributed by atoms with Gasteiger partial charge in [-0.3, -0.25) is 4.79 Å². The minimum Gasteiger partial charge on any atom is -0.482 e. The zero-order chi connectivity index (χ0) is 17.1. The fraction of sp³-hybridized carbons (Fsp3) is 0.278. The van der Waals surface area contributed by atoms with Gasteiger partial charge in [0.25, 0.3) is 5.91 Å². The molecule has 0 radical (unpaired) electrons. The van der Waals surface area contributed by atoms with E-state index in [1.165, 1.54) is 0 Å². The topological polar surface area (TPSA) is 50.8 Å². The maximum Gasteiger partial charge on any atom is 0.264 e. The normalized spacial score (nSPS) is 14.8. The fourth-order valence-electron chi connectivity index (χ4n) is 2.67. The van der Waals surface area contributed by atoms with Gasteiger partial charge in [0.05, 0.1) is 18.3 Å². The van der Waals surface area contributed by atoms with Gasteiger partial charge in [0.15, 0.2) is 6.61 Å². The summed E-state index contributed by atoms with van der Waals surface area (Å²) in [7, 11) is 3.41. The lowest BCUT2D eigenvalue weighted by atomic mass is 10.1. The van der Waals surface area contributed by atoms with Crippen LogP contribution in [0.25, 0.3) is 0 Å². The largest absolute Gasteiger partial charge is 0.482 e. The number of carbonyl (C=O) groups excluding carboxylic acids is 1. The Morgan fingerprint density at radius 2 is 2.17 bits per heavy atom. The lowest BCUT2D eigenvalue weighted by Crippen LogP contribution is -2.35. The van der Waals surface area contributed by atoms with Gasteiger partial charge in [-0.25, -0.2) is 0 Å². The molecule has 0 fully saturated rings. The number of rotatable bonds is 5. The number of hydrogen-bond acceptors (Lipinski definition) is 4. The fourth-order valence-corrected chi connectivity index (χ4v) is 2.87. The highest BCUT2D eigenvalue weighted by Gasteiger charge is 2.23. The number of amides is 1. The van der Waals surface area contributed by atoms with Gasteiger partial charge in [0, 0.05) is 24.9 Å². The molecule has 1 N–H and O–H groups in total. The molecular weight excluding hydrogens is 328 g/mol. The second-order valence-electron chi connectivity index (χ2n) is 5.63. The summed E-state index contributed by atoms with van der Waals surface area (Å²) in [5.41, 5.74) is 2.65. The Bertz CT molecular complexity index is 751. The number of benzene rings is 2. The molecular formula is C18H19ClN2O3. The van der Waals surface area contributed by atoms with Crippen molar-refractivity contribution < 1.29 is 14.3 Å². The van der Waals surface area contributed by atoms with Crippen LogP contribution in [0.1, 0.15) is 11.6 Å². The van der Waals surface area contributed by atoms with Gasteiger partial charge in [0.2, 0.25) is 0 Å². The van der Waals surface area contributed by atoms with Crippen molar-refractivity contribution in [1.29, 1.82) is 0 Å². The predicted octanol–water partition coefficient (Wildman–Crippen LogP) is 3.49. The van der Waals surface area contributed by atoms with Crippen molar-refractivity contribution in [3.05, 3.63) is 53.1 Å². The minimum atomic E-state index is -0.0667. The molecule has 2 aromatic carbocycles. The molecule has 24 heavy (non-hydrogen) atoms. The number of nitrogens with one attached hydrogen (secondary N) is 1. The van der Waals surface area contributed by atoms with E-state index in [4.69, 9.17) is 21.1 Å². The van der Waals surface area contributed by atoms with Crippen molar-refractivity contribution in [3.8, 4) is 5.75 Å². The summed E-state index contributed by atoms with van der Waals surface area (Å²) in [6, 6.07) is 13.3. The van der Waals surface area contributed by atoms with Crippen molar-refractivity contribution in [2.45, 2.75) is 6.04 Å². The van der Waals surface area contributed by atoms with E-state index in [1.807, 2.05) is 42.5 Å². The van der Waals surface area contributed by atoms with Crippen LogP contribution >= 0.6 is 11.6 Å². The Kier molecular flexibility index (Phi) is 4.92. The number of nitrogens with zero attached hydrogens (tertiary/aromatic N) is 1. The van der Waals surface area contributed by atoms with Gasteiger partial charge in [-0.2, -0.15) is 0 Å². The Morgan fingerprint density at radius 3 is 2.92 bits per heavy atom. The molecule has 1 aliphatic rings. The van der Waals surface area contributed by atoms with Crippen LogP contribution in [0.3, 0.4) is 0 Å². The molecule has 2 aromatic rings. The van der Waals surface area contributed by atoms with E-state index in [2.05, 4.69) is 5.32 Å². The third-order valence-corrected chi connectivity index (χ3v) is 4.21. The summed E-state index contributed by atoms with van der Waals surface area (Å²) in [6.07, 6.45) is 0. The summed E-state index contributed by atoms with van der Waals surface area (Å²) in [5.74, 6) is 0.636. The van der Waals surface area contributed by atoms with Crippen molar-refractivity contribution >= 4 is 28.9 Å². The molecule has 0 saturated carbocycles. The van der Waals surface area contributed by atoms with Gasteiger partial charge < -0.3 is 19.7 Å². The molecule has 1 aliphatic heterocycles. The molecule has 3 rings (SSSR count). The second-order valence-corrected chi connectivity index (χ2v) is 6.07. The average Bonchev–Trinajstić information content (AvgIpc) is 2.58. The van der Waals surface area contributed by atoms with Crippen molar-refractivity contribution in [2.24, 2.45) is 0 Å². The molecule has 6 heteroatoms. The molecule has 0 aliphatic carbocycles. The van der Waals surface area contributed by atoms with E-state index in [9.17, 15) is 4.79 Å². The molecule has 1 heterocycles. The highest BCUT2D eigenvalue weighted by Crippen LogP contribution is 2.34. The van der Waals surface area contributed by atoms with E-state index in [-0.39, 0.29) is 18.6 Å². The van der Waals surface area contributed by atoms with Crippen LogP contribution in [0, 0.1) is 0 Å². The SMILES string of the molecule is COCC(Nc1ccc2c(c1)N(C)C(=O)CO2)c1cccc(Cl)c1. The summed E-state index contributed by atoms with van der Waals surface area (Å²) in [5, 5.41) is 4.11. The van der Waals surface area contributed by atoms with E-state index >= 15 is 0 Å². The summed E-state index contributed by atoms with van der Waals surface area (Å²) >= 11 is 6.09. The number of anilines is 2. The number of carbonyl (C=O) groups is 1. The van der Waals surface area contributed by atoms with Crippen LogP contribution in [-0.4, -0.2) is 33.3 Å². The first-order valence-corrected chi connectivity index (χ1v) is 8.00. The predicted molar refractivity (Wildman–Crippen MR) is 95.0 cm³/mol. The van der Waals surface area contributed by atoms with Crippen LogP contribution in [-0.2, 0) is 9.53 Å². The quantitative estimate of drug-likeness (QED) is 0.900. The van der Waals surface area contributed by atoms with Gasteiger partial charge in [-0.1, -0.05) is 23.7 Å². The van der Waals surface area contributed by atoms with Gasteiger partial charge in [-0.05, 0) is 35.9 Å². The average molecular weight is 347 g/mol. The van der Waals surface area contributed by atoms with Crippen molar-refractivity contribution in [3.63, 3.8) is 0 Å². The number of halogens is 1. The van der Waals surface area contributed by atoms with Crippen LogP contribution in [0.2, 0.25) is 5.02 Å². The Hall–Kier alpha value is -2.24. The highest BCUT2D eigenvalue weighted by molar-refractivity contribution is 6.30. The standard InChI is InChI=1S/C18H19ClN2O3/c1-21-16-9-14(6-7-17(16)24-11-18(21)22)20-15(10-23-2)12-4-3-5-13(19)8-12/h3-9,15,20H,10-11H2,1-2H3. The zero-order valence-electron chi connectivity index (χ0n) is 13.6. The molecule has 1 unspecified atom stereocenters. The number of fused-ring (bicyclic) bond motifs is 1. The number of likely N-dealkylation sites (N-methyl/N-ethyl adjacent to an activating group) is 1. The summed E-state index contributed by atoms with van der Waals surface area (Å²) in [4.78, 5) is 13.4. The smallest absolute Gasteiger partial charge is 0.264 e. The molecule has 1 amide bonds. The lowest BCUT2D eigenvalue weighted by Gasteiger charge is -2.27. The summed E-state index contributed by atoms with van der Waals surface area (Å²) < 4.78 is 10.8. The number of ether oxygens (including phenoxy) is 2. The van der Waals surface area contributed by atoms with Crippen LogP contribution in [0.15, 0.2) is 42.5 Å². The molecule has 126 valence electrons. The maximum atomic E-state index is 11.8. The molecule has 0 saturated heterocycles. The van der Waals surface area contributed by atoms with E-state index < -0.39 is 0 Å². The Balaban J connectivity index is 1.87. The summed E-state index contributed by atoms with van der Waals surface area (Å²) in [6.45, 7) is 0.563. The molecule has 5 nitrogen and oxygen atoms in total. The minimum absolute atomic E-state index is 0.0581. The van der Waals surface area contributed by atoms with Crippen molar-refractivity contribution in [1.82, 2.24) is 0 Å². The van der Waals surface area contributed by atoms with E-state index in [0.717, 1.165) is 16.9 Å². The van der Waals surface area contributed by atoms with Crippen LogP contribution in [0.4, 0.5) is 11.4 Å². The van der Waals surface area contributed by atoms with E-state index in [0.29, 0.717) is 17.4 Å². The van der Waals surface area contributed by atoms with Crippen LogP contribution < -0.4 is 15.0 Å². The van der Waals surface area contributed by atoms with Crippen molar-refractivity contribution in [2.75, 3.05) is 37.6 Å². The maximum absolute atomic E-state index is 11.8. The zero-order valence-corrected chi connectivity index (χ0v) is 14.3. The molecule has 0 spiro atoms. The Morgan fingerprint density at radius 1 is 1.33 bits per heavy atom. The first-order valence-electron chi connectivity index (χ1n) is 7.63. The van der Waals surface area contributed by atoms with E-state index in [1.54, 1.807) is 19.1 Å². The highest BCUT2D eigenvalue weighted by atomic mass is 35.5. The third-order valence-electron chi connectivity index (χ3n) is 3.97.